The van der Waals surface area contributed by atoms with Crippen LogP contribution in [0.2, 0.25) is 18.6 Å². The summed E-state index contributed by atoms with van der Waals surface area (Å²) in [6.07, 6.45) is 4.15. The predicted molar refractivity (Wildman–Crippen MR) is 32.6 cm³/mol. The zero-order chi connectivity index (χ0) is 5.33. The van der Waals surface area contributed by atoms with Gasteiger partial charge in [0, 0.05) is 0 Å². The van der Waals surface area contributed by atoms with Crippen molar-refractivity contribution in [1.29, 1.82) is 0 Å². The quantitative estimate of drug-likeness (QED) is 0.369. The van der Waals surface area contributed by atoms with Crippen LogP contribution in [-0.4, -0.2) is 13.1 Å². The Kier molecular flexibility index (Phi) is 1.05. The largest absolute Gasteiger partial charge is 0.431 e. The lowest BCUT2D eigenvalue weighted by molar-refractivity contribution is 0.552. The van der Waals surface area contributed by atoms with Gasteiger partial charge < -0.3 is 4.80 Å². The molecule has 0 saturated carbocycles. The standard InChI is InChI=1S/C5H10OSi/c1-7(6)4-2-3-5-7/h2-3,6H,4-5H2,1H3. The molecular weight excluding hydrogens is 104 g/mol. The fourth-order valence-corrected chi connectivity index (χ4v) is 2.27. The zero-order valence-electron chi connectivity index (χ0n) is 4.52. The smallest absolute Gasteiger partial charge is 0.192 e. The van der Waals surface area contributed by atoms with E-state index in [1.165, 1.54) is 0 Å². The van der Waals surface area contributed by atoms with Gasteiger partial charge in [0.2, 0.25) is 0 Å². The Bertz CT molecular complexity index is 86.3. The summed E-state index contributed by atoms with van der Waals surface area (Å²) in [6, 6.07) is 1.93. The summed E-state index contributed by atoms with van der Waals surface area (Å²) in [6.45, 7) is 1.99. The predicted octanol–water partition coefficient (Wildman–Crippen LogP) is 1.12. The monoisotopic (exact) mass is 114 g/mol. The molecule has 0 radical (unpaired) electrons. The van der Waals surface area contributed by atoms with Crippen LogP contribution < -0.4 is 0 Å². The van der Waals surface area contributed by atoms with Gasteiger partial charge in [-0.1, -0.05) is 12.2 Å². The Morgan fingerprint density at radius 1 is 1.43 bits per heavy atom. The second-order valence-electron chi connectivity index (χ2n) is 2.38. The molecule has 7 heavy (non-hydrogen) atoms. The van der Waals surface area contributed by atoms with Gasteiger partial charge in [0.1, 0.15) is 0 Å². The molecule has 0 aromatic rings. The summed E-state index contributed by atoms with van der Waals surface area (Å²) in [5, 5.41) is 0. The van der Waals surface area contributed by atoms with E-state index in [4.69, 9.17) is 0 Å². The molecule has 0 fully saturated rings. The van der Waals surface area contributed by atoms with Gasteiger partial charge in [-0.3, -0.25) is 0 Å². The van der Waals surface area contributed by atoms with Crippen LogP contribution in [0, 0.1) is 0 Å². The van der Waals surface area contributed by atoms with Crippen LogP contribution in [0.25, 0.3) is 0 Å². The maximum absolute atomic E-state index is 9.27. The third-order valence-electron chi connectivity index (χ3n) is 1.28. The van der Waals surface area contributed by atoms with Crippen LogP contribution >= 0.6 is 0 Å². The molecule has 0 aromatic carbocycles. The van der Waals surface area contributed by atoms with E-state index >= 15 is 0 Å². The lowest BCUT2D eigenvalue weighted by Crippen LogP contribution is -2.24. The van der Waals surface area contributed by atoms with E-state index in [1.807, 2.05) is 6.55 Å². The van der Waals surface area contributed by atoms with Crippen LogP contribution in [0.5, 0.6) is 0 Å². The summed E-state index contributed by atoms with van der Waals surface area (Å²) in [5.74, 6) is 0. The summed E-state index contributed by atoms with van der Waals surface area (Å²) in [4.78, 5) is 9.27. The highest BCUT2D eigenvalue weighted by Crippen LogP contribution is 2.19. The van der Waals surface area contributed by atoms with Gasteiger partial charge in [-0.25, -0.2) is 0 Å². The lowest BCUT2D eigenvalue weighted by Gasteiger charge is -2.08. The van der Waals surface area contributed by atoms with Crippen molar-refractivity contribution in [1.82, 2.24) is 0 Å². The first kappa shape index (κ1) is 5.06. The number of allylic oxidation sites excluding steroid dienone is 2. The van der Waals surface area contributed by atoms with Crippen molar-refractivity contribution >= 4 is 8.32 Å². The van der Waals surface area contributed by atoms with Gasteiger partial charge in [-0.2, -0.15) is 0 Å². The summed E-state index contributed by atoms with van der Waals surface area (Å²) in [5.41, 5.74) is 0. The minimum absolute atomic E-state index is 0.965. The molecule has 2 heteroatoms. The molecule has 0 amide bonds. The molecule has 1 aliphatic rings. The van der Waals surface area contributed by atoms with Gasteiger partial charge in [-0.15, -0.1) is 0 Å². The second-order valence-corrected chi connectivity index (χ2v) is 6.19. The summed E-state index contributed by atoms with van der Waals surface area (Å²) in [7, 11) is -1.65. The molecule has 1 rings (SSSR count). The minimum atomic E-state index is -1.65. The van der Waals surface area contributed by atoms with Crippen LogP contribution in [0.1, 0.15) is 0 Å². The highest BCUT2D eigenvalue weighted by Gasteiger charge is 2.24. The van der Waals surface area contributed by atoms with E-state index in [2.05, 4.69) is 12.2 Å². The molecule has 0 spiro atoms. The number of rotatable bonds is 0. The maximum Gasteiger partial charge on any atom is 0.192 e. The first-order valence-electron chi connectivity index (χ1n) is 2.58. The fourth-order valence-electron chi connectivity index (χ4n) is 0.758. The normalized spacial score (nSPS) is 26.0. The van der Waals surface area contributed by atoms with E-state index in [1.54, 1.807) is 0 Å². The third-order valence-corrected chi connectivity index (χ3v) is 3.51. The topological polar surface area (TPSA) is 20.2 Å². The Morgan fingerprint density at radius 3 is 2.00 bits per heavy atom. The molecule has 1 nitrogen and oxygen atoms in total. The minimum Gasteiger partial charge on any atom is -0.431 e. The average molecular weight is 114 g/mol. The highest BCUT2D eigenvalue weighted by molar-refractivity contribution is 6.72. The van der Waals surface area contributed by atoms with Crippen molar-refractivity contribution in [3.05, 3.63) is 12.2 Å². The van der Waals surface area contributed by atoms with E-state index < -0.39 is 8.32 Å². The van der Waals surface area contributed by atoms with Gasteiger partial charge in [0.15, 0.2) is 8.32 Å². The van der Waals surface area contributed by atoms with Gasteiger partial charge in [0.05, 0.1) is 0 Å². The first-order valence-corrected chi connectivity index (χ1v) is 5.44. The second kappa shape index (κ2) is 1.45. The van der Waals surface area contributed by atoms with Crippen molar-refractivity contribution in [3.8, 4) is 0 Å². The summed E-state index contributed by atoms with van der Waals surface area (Å²) < 4.78 is 0. The van der Waals surface area contributed by atoms with Crippen molar-refractivity contribution in [2.75, 3.05) is 0 Å². The van der Waals surface area contributed by atoms with Crippen LogP contribution in [0.15, 0.2) is 12.2 Å². The molecule has 0 saturated heterocycles. The Balaban J connectivity index is 2.49. The Hall–Kier alpha value is -0.0831. The van der Waals surface area contributed by atoms with E-state index in [-0.39, 0.29) is 0 Å². The van der Waals surface area contributed by atoms with E-state index in [0.29, 0.717) is 0 Å². The Labute approximate surface area is 44.8 Å². The SMILES string of the molecule is C[Si]1(O)CC=CC1. The average Bonchev–Trinajstić information content (AvgIpc) is 1.84. The van der Waals surface area contributed by atoms with Crippen LogP contribution in [-0.2, 0) is 0 Å². The van der Waals surface area contributed by atoms with E-state index in [9.17, 15) is 4.80 Å². The highest BCUT2D eigenvalue weighted by atomic mass is 28.4. The van der Waals surface area contributed by atoms with Crippen molar-refractivity contribution in [2.45, 2.75) is 18.6 Å². The molecule has 0 unspecified atom stereocenters. The van der Waals surface area contributed by atoms with Crippen molar-refractivity contribution in [3.63, 3.8) is 0 Å². The van der Waals surface area contributed by atoms with E-state index in [0.717, 1.165) is 12.1 Å². The molecular formula is C5H10OSi. The van der Waals surface area contributed by atoms with Crippen molar-refractivity contribution < 1.29 is 4.80 Å². The molecule has 0 bridgehead atoms. The number of hydrogen-bond donors (Lipinski definition) is 1. The van der Waals surface area contributed by atoms with Gasteiger partial charge in [0.25, 0.3) is 0 Å². The number of hydrogen-bond acceptors (Lipinski definition) is 1. The summed E-state index contributed by atoms with van der Waals surface area (Å²) >= 11 is 0. The van der Waals surface area contributed by atoms with Gasteiger partial charge in [-0.05, 0) is 18.6 Å². The fraction of sp³-hybridized carbons (Fsp3) is 0.600. The lowest BCUT2D eigenvalue weighted by atomic mass is 10.6. The van der Waals surface area contributed by atoms with Crippen LogP contribution in [0.4, 0.5) is 0 Å². The third kappa shape index (κ3) is 1.14. The Morgan fingerprint density at radius 2 is 1.86 bits per heavy atom. The maximum atomic E-state index is 9.27. The molecule has 0 atom stereocenters. The first-order chi connectivity index (χ1) is 3.21. The molecule has 0 aliphatic carbocycles. The van der Waals surface area contributed by atoms with Crippen LogP contribution in [0.3, 0.4) is 0 Å². The molecule has 1 heterocycles. The zero-order valence-corrected chi connectivity index (χ0v) is 5.52. The molecule has 1 aliphatic heterocycles. The van der Waals surface area contributed by atoms with Gasteiger partial charge >= 0.3 is 0 Å². The molecule has 0 aromatic heterocycles. The molecule has 1 N–H and O–H groups in total. The molecule has 40 valence electrons. The van der Waals surface area contributed by atoms with Crippen molar-refractivity contribution in [2.24, 2.45) is 0 Å².